The Morgan fingerprint density at radius 2 is 1.90 bits per heavy atom. The minimum atomic E-state index is -0.807. The summed E-state index contributed by atoms with van der Waals surface area (Å²) >= 11 is 0. The monoisotopic (exact) mass is 434 g/mol. The van der Waals surface area contributed by atoms with Gasteiger partial charge in [0.1, 0.15) is 6.04 Å². The maximum Gasteiger partial charge on any atom is 0.320 e. The van der Waals surface area contributed by atoms with Crippen LogP contribution in [0, 0.1) is 29.5 Å². The number of hydrogen-bond acceptors (Lipinski definition) is 4. The zero-order valence-corrected chi connectivity index (χ0v) is 18.7. The van der Waals surface area contributed by atoms with Crippen LogP contribution in [0.4, 0.5) is 4.39 Å². The van der Waals surface area contributed by atoms with E-state index in [4.69, 9.17) is 0 Å². The molecule has 0 radical (unpaired) electrons. The first-order chi connectivity index (χ1) is 14.7. The molecule has 1 saturated carbocycles. The number of aromatic hydroxyl groups is 1. The lowest BCUT2D eigenvalue weighted by Gasteiger charge is -2.34. The highest BCUT2D eigenvalue weighted by molar-refractivity contribution is 5.99. The van der Waals surface area contributed by atoms with Crippen molar-refractivity contribution in [1.29, 1.82) is 0 Å². The number of rotatable bonds is 9. The van der Waals surface area contributed by atoms with Crippen molar-refractivity contribution in [2.24, 2.45) is 23.7 Å². The molecular formula is C24H35FN2O4. The normalized spacial score (nSPS) is 23.1. The Balaban J connectivity index is 1.43. The lowest BCUT2D eigenvalue weighted by molar-refractivity contribution is -0.140. The second-order valence-electron chi connectivity index (χ2n) is 9.68. The molecule has 1 aliphatic carbocycles. The largest absolute Gasteiger partial charge is 0.505 e. The molecule has 6 nitrogen and oxygen atoms in total. The number of benzene rings is 1. The number of carbonyl (C=O) groups excluding carboxylic acids is 1. The maximum absolute atomic E-state index is 14.2. The van der Waals surface area contributed by atoms with Crippen molar-refractivity contribution in [3.63, 3.8) is 0 Å². The average Bonchev–Trinajstić information content (AvgIpc) is 3.04. The SMILES string of the molecule is CC(CCN[C@@H](C(=O)O)C(C)C)C1CCC(CN2Cc3ccc(O)c(F)c3C2=O)CC1. The first-order valence-electron chi connectivity index (χ1n) is 11.4. The van der Waals surface area contributed by atoms with Crippen molar-refractivity contribution in [2.45, 2.75) is 65.5 Å². The van der Waals surface area contributed by atoms with E-state index in [1.807, 2.05) is 13.8 Å². The number of amides is 1. The summed E-state index contributed by atoms with van der Waals surface area (Å²) in [5.41, 5.74) is 0.673. The van der Waals surface area contributed by atoms with Gasteiger partial charge in [-0.3, -0.25) is 9.59 Å². The molecule has 0 saturated heterocycles. The van der Waals surface area contributed by atoms with E-state index in [9.17, 15) is 24.2 Å². The lowest BCUT2D eigenvalue weighted by atomic mass is 9.75. The Morgan fingerprint density at radius 1 is 1.23 bits per heavy atom. The number of carboxylic acids is 1. The molecule has 2 atom stereocenters. The van der Waals surface area contributed by atoms with Crippen LogP contribution in [0.5, 0.6) is 5.75 Å². The predicted octanol–water partition coefficient (Wildman–Crippen LogP) is 4.02. The Bertz CT molecular complexity index is 805. The molecule has 1 fully saturated rings. The molecule has 1 aromatic carbocycles. The summed E-state index contributed by atoms with van der Waals surface area (Å²) in [4.78, 5) is 25.6. The molecule has 172 valence electrons. The number of phenolic OH excluding ortho intramolecular Hbond substituents is 1. The van der Waals surface area contributed by atoms with E-state index < -0.39 is 23.6 Å². The third kappa shape index (κ3) is 5.37. The summed E-state index contributed by atoms with van der Waals surface area (Å²) in [6.07, 6.45) is 5.24. The second kappa shape index (κ2) is 9.98. The van der Waals surface area contributed by atoms with E-state index in [1.165, 1.54) is 6.07 Å². The molecule has 1 heterocycles. The van der Waals surface area contributed by atoms with Crippen molar-refractivity contribution >= 4 is 11.9 Å². The van der Waals surface area contributed by atoms with Crippen molar-refractivity contribution in [3.05, 3.63) is 29.1 Å². The van der Waals surface area contributed by atoms with Crippen LogP contribution in [-0.2, 0) is 11.3 Å². The third-order valence-corrected chi connectivity index (χ3v) is 7.14. The zero-order valence-electron chi connectivity index (χ0n) is 18.7. The van der Waals surface area contributed by atoms with E-state index in [2.05, 4.69) is 12.2 Å². The van der Waals surface area contributed by atoms with Crippen LogP contribution in [0.25, 0.3) is 0 Å². The van der Waals surface area contributed by atoms with Gasteiger partial charge in [-0.05, 0) is 74.0 Å². The Kier molecular flexibility index (Phi) is 7.57. The molecule has 31 heavy (non-hydrogen) atoms. The van der Waals surface area contributed by atoms with Crippen molar-refractivity contribution in [3.8, 4) is 5.75 Å². The van der Waals surface area contributed by atoms with Gasteiger partial charge in [0.2, 0.25) is 0 Å². The first kappa shape index (κ1) is 23.5. The summed E-state index contributed by atoms with van der Waals surface area (Å²) in [7, 11) is 0. The lowest BCUT2D eigenvalue weighted by Crippen LogP contribution is -2.42. The van der Waals surface area contributed by atoms with Gasteiger partial charge in [-0.15, -0.1) is 0 Å². The predicted molar refractivity (Wildman–Crippen MR) is 116 cm³/mol. The van der Waals surface area contributed by atoms with Gasteiger partial charge in [-0.25, -0.2) is 4.39 Å². The van der Waals surface area contributed by atoms with E-state index in [0.29, 0.717) is 43.0 Å². The van der Waals surface area contributed by atoms with Gasteiger partial charge in [0, 0.05) is 13.1 Å². The highest BCUT2D eigenvalue weighted by Gasteiger charge is 2.34. The number of halogens is 1. The number of carboxylic acid groups (broad SMARTS) is 1. The van der Waals surface area contributed by atoms with Gasteiger partial charge in [0.15, 0.2) is 11.6 Å². The number of phenols is 1. The quantitative estimate of drug-likeness (QED) is 0.546. The van der Waals surface area contributed by atoms with Crippen LogP contribution in [0.15, 0.2) is 12.1 Å². The minimum absolute atomic E-state index is 0.0240. The smallest absolute Gasteiger partial charge is 0.320 e. The Morgan fingerprint density at radius 3 is 2.52 bits per heavy atom. The van der Waals surface area contributed by atoms with E-state index in [0.717, 1.165) is 32.1 Å². The van der Waals surface area contributed by atoms with Crippen LogP contribution in [-0.4, -0.2) is 46.1 Å². The molecule has 1 amide bonds. The maximum atomic E-state index is 14.2. The van der Waals surface area contributed by atoms with Crippen molar-refractivity contribution in [2.75, 3.05) is 13.1 Å². The Labute approximate surface area is 183 Å². The first-order valence-corrected chi connectivity index (χ1v) is 11.4. The van der Waals surface area contributed by atoms with Crippen molar-refractivity contribution < 1.29 is 24.2 Å². The van der Waals surface area contributed by atoms with E-state index in [1.54, 1.807) is 11.0 Å². The molecular weight excluding hydrogens is 399 g/mol. The van der Waals surface area contributed by atoms with Crippen LogP contribution in [0.3, 0.4) is 0 Å². The molecule has 1 aliphatic heterocycles. The van der Waals surface area contributed by atoms with Crippen LogP contribution in [0.1, 0.15) is 68.8 Å². The van der Waals surface area contributed by atoms with Gasteiger partial charge < -0.3 is 20.4 Å². The zero-order chi connectivity index (χ0) is 22.7. The van der Waals surface area contributed by atoms with Gasteiger partial charge in [0.05, 0.1) is 5.56 Å². The number of carbonyl (C=O) groups is 2. The summed E-state index contributed by atoms with van der Waals surface area (Å²) in [6.45, 7) is 7.82. The molecule has 0 aromatic heterocycles. The number of aliphatic carboxylic acids is 1. The van der Waals surface area contributed by atoms with Gasteiger partial charge in [-0.1, -0.05) is 26.8 Å². The standard InChI is InChI=1S/C24H35FN2O4/c1-14(2)22(24(30)31)26-11-10-15(3)17-6-4-16(5-7-17)12-27-13-18-8-9-19(28)21(25)20(18)23(27)29/h8-9,14-17,22,26,28H,4-7,10-13H2,1-3H3,(H,30,31)/t15?,16?,17?,22-/m1/s1. The molecule has 2 aliphatic rings. The van der Waals surface area contributed by atoms with E-state index >= 15 is 0 Å². The molecule has 1 aromatic rings. The fraction of sp³-hybridized carbons (Fsp3) is 0.667. The fourth-order valence-corrected chi connectivity index (χ4v) is 5.11. The van der Waals surface area contributed by atoms with Crippen molar-refractivity contribution in [1.82, 2.24) is 10.2 Å². The highest BCUT2D eigenvalue weighted by Crippen LogP contribution is 2.37. The van der Waals surface area contributed by atoms with E-state index in [-0.39, 0.29) is 17.4 Å². The molecule has 1 unspecified atom stereocenters. The number of nitrogens with one attached hydrogen (secondary N) is 1. The minimum Gasteiger partial charge on any atom is -0.505 e. The third-order valence-electron chi connectivity index (χ3n) is 7.14. The van der Waals surface area contributed by atoms with Crippen LogP contribution in [0.2, 0.25) is 0 Å². The molecule has 3 rings (SSSR count). The molecule has 7 heteroatoms. The fourth-order valence-electron chi connectivity index (χ4n) is 5.11. The Hall–Kier alpha value is -2.15. The average molecular weight is 435 g/mol. The highest BCUT2D eigenvalue weighted by atomic mass is 19.1. The summed E-state index contributed by atoms with van der Waals surface area (Å²) in [6, 6.07) is 2.44. The number of hydrogen-bond donors (Lipinski definition) is 3. The summed E-state index contributed by atoms with van der Waals surface area (Å²) in [5, 5.41) is 22.0. The number of nitrogens with zero attached hydrogens (tertiary/aromatic N) is 1. The molecule has 0 spiro atoms. The molecule has 3 N–H and O–H groups in total. The van der Waals surface area contributed by atoms with Crippen LogP contribution >= 0.6 is 0 Å². The second-order valence-corrected chi connectivity index (χ2v) is 9.68. The van der Waals surface area contributed by atoms with Gasteiger partial charge in [0.25, 0.3) is 5.91 Å². The van der Waals surface area contributed by atoms with Gasteiger partial charge in [-0.2, -0.15) is 0 Å². The number of fused-ring (bicyclic) bond motifs is 1. The summed E-state index contributed by atoms with van der Waals surface area (Å²) < 4.78 is 14.2. The van der Waals surface area contributed by atoms with Gasteiger partial charge >= 0.3 is 5.97 Å². The molecule has 0 bridgehead atoms. The summed E-state index contributed by atoms with van der Waals surface area (Å²) in [5.74, 6) is -0.792. The van der Waals surface area contributed by atoms with Crippen LogP contribution < -0.4 is 5.32 Å². The topological polar surface area (TPSA) is 89.9 Å².